The van der Waals surface area contributed by atoms with Crippen molar-refractivity contribution in [1.82, 2.24) is 4.90 Å². The summed E-state index contributed by atoms with van der Waals surface area (Å²) in [6.45, 7) is 1.97. The maximum absolute atomic E-state index is 11.2. The van der Waals surface area contributed by atoms with Gasteiger partial charge in [0.15, 0.2) is 17.7 Å². The molecule has 106 valence electrons. The third kappa shape index (κ3) is 2.07. The summed E-state index contributed by atoms with van der Waals surface area (Å²) in [6, 6.07) is 0. The Morgan fingerprint density at radius 3 is 2.58 bits per heavy atom. The average molecular weight is 271 g/mol. The van der Waals surface area contributed by atoms with Crippen LogP contribution in [0.25, 0.3) is 0 Å². The fraction of sp³-hybridized carbons (Fsp3) is 0.750. The van der Waals surface area contributed by atoms with Gasteiger partial charge in [-0.05, 0) is 7.05 Å². The molecule has 0 aliphatic carbocycles. The minimum atomic E-state index is -0.966. The van der Waals surface area contributed by atoms with E-state index < -0.39 is 35.5 Å². The number of cyclic esters (lactones) is 1. The van der Waals surface area contributed by atoms with Gasteiger partial charge in [-0.3, -0.25) is 0 Å². The van der Waals surface area contributed by atoms with E-state index in [0.717, 1.165) is 25.9 Å². The van der Waals surface area contributed by atoms with E-state index in [0.29, 0.717) is 0 Å². The van der Waals surface area contributed by atoms with Crippen molar-refractivity contribution < 1.29 is 29.2 Å². The van der Waals surface area contributed by atoms with Crippen LogP contribution in [-0.2, 0) is 19.0 Å². The van der Waals surface area contributed by atoms with Crippen molar-refractivity contribution in [2.75, 3.05) is 26.7 Å². The highest BCUT2D eigenvalue weighted by molar-refractivity contribution is 5.89. The van der Waals surface area contributed by atoms with Gasteiger partial charge in [0, 0.05) is 25.9 Å². The number of esters is 1. The highest BCUT2D eigenvalue weighted by Gasteiger charge is 2.50. The van der Waals surface area contributed by atoms with E-state index >= 15 is 0 Å². The quantitative estimate of drug-likeness (QED) is 0.653. The van der Waals surface area contributed by atoms with Crippen molar-refractivity contribution in [2.24, 2.45) is 0 Å². The fourth-order valence-corrected chi connectivity index (χ4v) is 2.67. The van der Waals surface area contributed by atoms with Crippen molar-refractivity contribution in [3.05, 3.63) is 11.5 Å². The van der Waals surface area contributed by atoms with E-state index in [2.05, 4.69) is 4.90 Å². The minimum Gasteiger partial charge on any atom is -0.505 e. The molecular formula is C12H17NO6. The highest BCUT2D eigenvalue weighted by atomic mass is 16.8. The van der Waals surface area contributed by atoms with Gasteiger partial charge in [-0.2, -0.15) is 0 Å². The zero-order chi connectivity index (χ0) is 13.6. The van der Waals surface area contributed by atoms with Crippen LogP contribution < -0.4 is 0 Å². The molecule has 2 N–H and O–H groups in total. The first-order chi connectivity index (χ1) is 9.01. The van der Waals surface area contributed by atoms with E-state index in [4.69, 9.17) is 14.2 Å². The summed E-state index contributed by atoms with van der Waals surface area (Å²) in [5, 5.41) is 18.9. The second-order valence-corrected chi connectivity index (χ2v) is 5.24. The third-order valence-electron chi connectivity index (χ3n) is 3.90. The molecule has 0 radical (unpaired) electrons. The number of carbonyl (C=O) groups is 1. The standard InChI is InChI=1S/C12H17NO6/c1-13-4-2-12(3-5-13)17-6-7(19-12)10-8(14)9(15)11(16)18-10/h7,10,14-15H,2-6H2,1H3/t7-,10+/m1/s1. The molecular weight excluding hydrogens is 254 g/mol. The Kier molecular flexibility index (Phi) is 2.92. The van der Waals surface area contributed by atoms with Crippen molar-refractivity contribution in [2.45, 2.75) is 30.8 Å². The number of hydrogen-bond acceptors (Lipinski definition) is 7. The van der Waals surface area contributed by atoms with Gasteiger partial charge in [-0.1, -0.05) is 0 Å². The first-order valence-corrected chi connectivity index (χ1v) is 6.34. The van der Waals surface area contributed by atoms with Gasteiger partial charge >= 0.3 is 5.97 Å². The molecule has 1 spiro atoms. The molecule has 0 aromatic rings. The minimum absolute atomic E-state index is 0.235. The summed E-state index contributed by atoms with van der Waals surface area (Å²) in [6.07, 6.45) is -0.0719. The SMILES string of the molecule is CN1CCC2(CC1)OC[C@H]([C@@H]1OC(=O)C(O)=C1O)O2. The number of carbonyl (C=O) groups excluding carboxylic acids is 1. The second-order valence-electron chi connectivity index (χ2n) is 5.24. The van der Waals surface area contributed by atoms with E-state index in [1.807, 2.05) is 7.05 Å². The number of aliphatic hydroxyl groups is 2. The van der Waals surface area contributed by atoms with Crippen molar-refractivity contribution in [1.29, 1.82) is 0 Å². The summed E-state index contributed by atoms with van der Waals surface area (Å²) >= 11 is 0. The molecule has 19 heavy (non-hydrogen) atoms. The van der Waals surface area contributed by atoms with Crippen LogP contribution in [0, 0.1) is 0 Å². The van der Waals surface area contributed by atoms with Gasteiger partial charge in [0.2, 0.25) is 5.76 Å². The Balaban J connectivity index is 1.68. The molecule has 7 heteroatoms. The maximum atomic E-state index is 11.2. The molecule has 3 aliphatic rings. The molecule has 2 atom stereocenters. The van der Waals surface area contributed by atoms with Crippen LogP contribution in [0.3, 0.4) is 0 Å². The van der Waals surface area contributed by atoms with E-state index in [-0.39, 0.29) is 6.61 Å². The van der Waals surface area contributed by atoms with E-state index in [1.165, 1.54) is 0 Å². The maximum Gasteiger partial charge on any atom is 0.377 e. The largest absolute Gasteiger partial charge is 0.505 e. The zero-order valence-corrected chi connectivity index (χ0v) is 10.7. The molecule has 3 aliphatic heterocycles. The summed E-state index contributed by atoms with van der Waals surface area (Å²) < 4.78 is 16.5. The lowest BCUT2D eigenvalue weighted by Gasteiger charge is -2.36. The van der Waals surface area contributed by atoms with Gasteiger partial charge in [0.1, 0.15) is 6.10 Å². The monoisotopic (exact) mass is 271 g/mol. The van der Waals surface area contributed by atoms with E-state index in [1.54, 1.807) is 0 Å². The number of likely N-dealkylation sites (tertiary alicyclic amines) is 1. The Bertz CT molecular complexity index is 426. The van der Waals surface area contributed by atoms with Gasteiger partial charge in [-0.25, -0.2) is 4.79 Å². The van der Waals surface area contributed by atoms with Crippen LogP contribution in [0.2, 0.25) is 0 Å². The molecule has 0 unspecified atom stereocenters. The van der Waals surface area contributed by atoms with Crippen LogP contribution in [0.4, 0.5) is 0 Å². The van der Waals surface area contributed by atoms with Gasteiger partial charge in [0.05, 0.1) is 6.61 Å². The smallest absolute Gasteiger partial charge is 0.377 e. The van der Waals surface area contributed by atoms with Crippen LogP contribution in [0.5, 0.6) is 0 Å². The molecule has 7 nitrogen and oxygen atoms in total. The number of nitrogens with zero attached hydrogens (tertiary/aromatic N) is 1. The molecule has 3 rings (SSSR count). The van der Waals surface area contributed by atoms with E-state index in [9.17, 15) is 15.0 Å². The molecule has 0 aromatic carbocycles. The number of piperidine rings is 1. The molecule has 0 amide bonds. The number of aliphatic hydroxyl groups excluding tert-OH is 2. The van der Waals surface area contributed by atoms with Crippen molar-refractivity contribution >= 4 is 5.97 Å². The van der Waals surface area contributed by atoms with Crippen LogP contribution in [-0.4, -0.2) is 65.8 Å². The molecule has 2 saturated heterocycles. The van der Waals surface area contributed by atoms with Gasteiger partial charge in [-0.15, -0.1) is 0 Å². The highest BCUT2D eigenvalue weighted by Crippen LogP contribution is 2.37. The van der Waals surface area contributed by atoms with Crippen LogP contribution in [0.15, 0.2) is 11.5 Å². The van der Waals surface area contributed by atoms with Gasteiger partial charge < -0.3 is 29.3 Å². The fourth-order valence-electron chi connectivity index (χ4n) is 2.67. The van der Waals surface area contributed by atoms with Crippen LogP contribution in [0.1, 0.15) is 12.8 Å². The predicted octanol–water partition coefficient (Wildman–Crippen LogP) is 0.0767. The number of hydrogen-bond donors (Lipinski definition) is 2. The first kappa shape index (κ1) is 12.7. The van der Waals surface area contributed by atoms with Gasteiger partial charge in [0.25, 0.3) is 0 Å². The third-order valence-corrected chi connectivity index (χ3v) is 3.90. The molecule has 3 heterocycles. The average Bonchev–Trinajstić information content (AvgIpc) is 2.91. The Morgan fingerprint density at radius 2 is 2.00 bits per heavy atom. The number of ether oxygens (including phenoxy) is 3. The Morgan fingerprint density at radius 1 is 1.32 bits per heavy atom. The topological polar surface area (TPSA) is 88.5 Å². The predicted molar refractivity (Wildman–Crippen MR) is 62.5 cm³/mol. The van der Waals surface area contributed by atoms with Crippen molar-refractivity contribution in [3.63, 3.8) is 0 Å². The second kappa shape index (κ2) is 4.36. The molecule has 2 fully saturated rings. The Labute approximate surface area is 110 Å². The zero-order valence-electron chi connectivity index (χ0n) is 10.7. The summed E-state index contributed by atoms with van der Waals surface area (Å²) in [4.78, 5) is 13.4. The molecule has 0 bridgehead atoms. The first-order valence-electron chi connectivity index (χ1n) is 6.34. The lowest BCUT2D eigenvalue weighted by atomic mass is 10.0. The lowest BCUT2D eigenvalue weighted by molar-refractivity contribution is -0.202. The molecule has 0 aromatic heterocycles. The summed E-state index contributed by atoms with van der Waals surface area (Å²) in [7, 11) is 2.03. The normalized spacial score (nSPS) is 35.1. The van der Waals surface area contributed by atoms with Crippen LogP contribution >= 0.6 is 0 Å². The van der Waals surface area contributed by atoms with Crippen molar-refractivity contribution in [3.8, 4) is 0 Å². The lowest BCUT2D eigenvalue weighted by Crippen LogP contribution is -2.44. The summed E-state index contributed by atoms with van der Waals surface area (Å²) in [5.74, 6) is -2.78. The number of rotatable bonds is 1. The Hall–Kier alpha value is -1.31. The summed E-state index contributed by atoms with van der Waals surface area (Å²) in [5.41, 5.74) is 0. The molecule has 0 saturated carbocycles.